The molecule has 98 valence electrons. The number of benzene rings is 1. The van der Waals surface area contributed by atoms with E-state index in [9.17, 15) is 4.79 Å². The standard InChI is InChI=1S/C14H20N2O2/c1-16(2)9-10-4-7-13(18-3)12(8-10)15-14(17)11-5-6-11/h4,7-8,11H,5-6,9H2,1-3H3,(H,15,17). The van der Waals surface area contributed by atoms with Crippen molar-refractivity contribution >= 4 is 11.6 Å². The number of nitrogens with one attached hydrogen (secondary N) is 1. The molecule has 0 radical (unpaired) electrons. The number of hydrogen-bond donors (Lipinski definition) is 1. The molecular weight excluding hydrogens is 228 g/mol. The van der Waals surface area contributed by atoms with Crippen LogP contribution in [0.3, 0.4) is 0 Å². The molecule has 1 fully saturated rings. The van der Waals surface area contributed by atoms with Gasteiger partial charge in [-0.15, -0.1) is 0 Å². The minimum absolute atomic E-state index is 0.107. The van der Waals surface area contributed by atoms with Crippen molar-refractivity contribution in [3.63, 3.8) is 0 Å². The molecule has 4 nitrogen and oxygen atoms in total. The van der Waals surface area contributed by atoms with Crippen LogP contribution in [0.1, 0.15) is 18.4 Å². The summed E-state index contributed by atoms with van der Waals surface area (Å²) < 4.78 is 5.28. The Morgan fingerprint density at radius 1 is 1.44 bits per heavy atom. The van der Waals surface area contributed by atoms with Gasteiger partial charge in [-0.1, -0.05) is 6.07 Å². The van der Waals surface area contributed by atoms with Gasteiger partial charge in [0.15, 0.2) is 0 Å². The fourth-order valence-corrected chi connectivity index (χ4v) is 1.90. The van der Waals surface area contributed by atoms with Crippen LogP contribution in [0.5, 0.6) is 5.75 Å². The van der Waals surface area contributed by atoms with Crippen molar-refractivity contribution in [3.8, 4) is 5.75 Å². The quantitative estimate of drug-likeness (QED) is 0.867. The second-order valence-electron chi connectivity index (χ2n) is 5.04. The summed E-state index contributed by atoms with van der Waals surface area (Å²) in [6.07, 6.45) is 2.01. The molecule has 1 aliphatic carbocycles. The third kappa shape index (κ3) is 3.23. The molecule has 0 aromatic heterocycles. The summed E-state index contributed by atoms with van der Waals surface area (Å²) in [6, 6.07) is 5.91. The number of carbonyl (C=O) groups excluding carboxylic acids is 1. The van der Waals surface area contributed by atoms with Gasteiger partial charge in [-0.3, -0.25) is 4.79 Å². The molecular formula is C14H20N2O2. The second-order valence-corrected chi connectivity index (χ2v) is 5.04. The van der Waals surface area contributed by atoms with Crippen LogP contribution >= 0.6 is 0 Å². The van der Waals surface area contributed by atoms with Gasteiger partial charge in [-0.05, 0) is 44.6 Å². The number of anilines is 1. The van der Waals surface area contributed by atoms with Gasteiger partial charge >= 0.3 is 0 Å². The number of amides is 1. The zero-order valence-corrected chi connectivity index (χ0v) is 11.2. The third-order valence-electron chi connectivity index (χ3n) is 2.97. The van der Waals surface area contributed by atoms with Crippen molar-refractivity contribution < 1.29 is 9.53 Å². The number of methoxy groups -OCH3 is 1. The Morgan fingerprint density at radius 3 is 2.72 bits per heavy atom. The van der Waals surface area contributed by atoms with Crippen LogP contribution in [-0.4, -0.2) is 32.0 Å². The summed E-state index contributed by atoms with van der Waals surface area (Å²) in [5.74, 6) is 1.02. The van der Waals surface area contributed by atoms with Gasteiger partial charge in [-0.25, -0.2) is 0 Å². The van der Waals surface area contributed by atoms with Crippen LogP contribution in [0.2, 0.25) is 0 Å². The molecule has 0 heterocycles. The average molecular weight is 248 g/mol. The molecule has 0 bridgehead atoms. The van der Waals surface area contributed by atoms with Crippen molar-refractivity contribution in [2.24, 2.45) is 5.92 Å². The lowest BCUT2D eigenvalue weighted by Crippen LogP contribution is -2.15. The van der Waals surface area contributed by atoms with Gasteiger partial charge < -0.3 is 15.0 Å². The van der Waals surface area contributed by atoms with Crippen LogP contribution < -0.4 is 10.1 Å². The monoisotopic (exact) mass is 248 g/mol. The van der Waals surface area contributed by atoms with Crippen molar-refractivity contribution in [2.45, 2.75) is 19.4 Å². The van der Waals surface area contributed by atoms with Crippen molar-refractivity contribution in [2.75, 3.05) is 26.5 Å². The van der Waals surface area contributed by atoms with Crippen molar-refractivity contribution in [3.05, 3.63) is 23.8 Å². The first-order chi connectivity index (χ1) is 8.60. The molecule has 1 amide bonds. The van der Waals surface area contributed by atoms with Crippen molar-refractivity contribution in [1.82, 2.24) is 4.90 Å². The van der Waals surface area contributed by atoms with E-state index in [1.54, 1.807) is 7.11 Å². The molecule has 1 aromatic carbocycles. The molecule has 2 rings (SSSR count). The van der Waals surface area contributed by atoms with Crippen LogP contribution in [0.15, 0.2) is 18.2 Å². The SMILES string of the molecule is COc1ccc(CN(C)C)cc1NC(=O)C1CC1. The summed E-state index contributed by atoms with van der Waals surface area (Å²) in [5.41, 5.74) is 1.93. The molecule has 0 saturated heterocycles. The van der Waals surface area contributed by atoms with Crippen LogP contribution in [0.4, 0.5) is 5.69 Å². The number of ether oxygens (including phenoxy) is 1. The van der Waals surface area contributed by atoms with Gasteiger partial charge in [0, 0.05) is 12.5 Å². The zero-order chi connectivity index (χ0) is 13.1. The Morgan fingerprint density at radius 2 is 2.17 bits per heavy atom. The summed E-state index contributed by atoms with van der Waals surface area (Å²) in [6.45, 7) is 0.844. The van der Waals surface area contributed by atoms with Crippen molar-refractivity contribution in [1.29, 1.82) is 0 Å². The van der Waals surface area contributed by atoms with E-state index in [2.05, 4.69) is 10.2 Å². The summed E-state index contributed by atoms with van der Waals surface area (Å²) >= 11 is 0. The number of rotatable bonds is 5. The van der Waals surface area contributed by atoms with Crippen LogP contribution in [-0.2, 0) is 11.3 Å². The topological polar surface area (TPSA) is 41.6 Å². The maximum atomic E-state index is 11.8. The van der Waals surface area contributed by atoms with E-state index in [-0.39, 0.29) is 11.8 Å². The largest absolute Gasteiger partial charge is 0.495 e. The van der Waals surface area contributed by atoms with Crippen LogP contribution in [0, 0.1) is 5.92 Å². The Balaban J connectivity index is 2.15. The lowest BCUT2D eigenvalue weighted by molar-refractivity contribution is -0.117. The molecule has 1 saturated carbocycles. The molecule has 1 aliphatic rings. The molecule has 0 spiro atoms. The second kappa shape index (κ2) is 5.40. The van der Waals surface area contributed by atoms with E-state index in [4.69, 9.17) is 4.74 Å². The minimum Gasteiger partial charge on any atom is -0.495 e. The van der Waals surface area contributed by atoms with Gasteiger partial charge in [0.2, 0.25) is 5.91 Å². The number of nitrogens with zero attached hydrogens (tertiary/aromatic N) is 1. The highest BCUT2D eigenvalue weighted by molar-refractivity contribution is 5.95. The van der Waals surface area contributed by atoms with Gasteiger partial charge in [0.05, 0.1) is 12.8 Å². The first kappa shape index (κ1) is 12.9. The van der Waals surface area contributed by atoms with Gasteiger partial charge in [-0.2, -0.15) is 0 Å². The molecule has 0 atom stereocenters. The average Bonchev–Trinajstić information content (AvgIpc) is 3.12. The number of hydrogen-bond acceptors (Lipinski definition) is 3. The normalized spacial score (nSPS) is 14.7. The first-order valence-corrected chi connectivity index (χ1v) is 6.22. The lowest BCUT2D eigenvalue weighted by atomic mass is 10.1. The van der Waals surface area contributed by atoms with E-state index in [0.29, 0.717) is 5.75 Å². The highest BCUT2D eigenvalue weighted by atomic mass is 16.5. The highest BCUT2D eigenvalue weighted by Gasteiger charge is 2.30. The minimum atomic E-state index is 0.107. The fraction of sp³-hybridized carbons (Fsp3) is 0.500. The maximum Gasteiger partial charge on any atom is 0.227 e. The summed E-state index contributed by atoms with van der Waals surface area (Å²) in [7, 11) is 5.66. The van der Waals surface area contributed by atoms with E-state index in [0.717, 1.165) is 30.6 Å². The fourth-order valence-electron chi connectivity index (χ4n) is 1.90. The first-order valence-electron chi connectivity index (χ1n) is 6.22. The zero-order valence-electron chi connectivity index (χ0n) is 11.2. The van der Waals surface area contributed by atoms with E-state index in [1.807, 2.05) is 32.3 Å². The molecule has 0 unspecified atom stereocenters. The Bertz CT molecular complexity index is 439. The number of carbonyl (C=O) groups is 1. The van der Waals surface area contributed by atoms with Crippen LogP contribution in [0.25, 0.3) is 0 Å². The Kier molecular flexibility index (Phi) is 3.87. The lowest BCUT2D eigenvalue weighted by Gasteiger charge is -2.14. The van der Waals surface area contributed by atoms with E-state index >= 15 is 0 Å². The molecule has 1 aromatic rings. The highest BCUT2D eigenvalue weighted by Crippen LogP contribution is 2.32. The summed E-state index contributed by atoms with van der Waals surface area (Å²) in [5, 5.41) is 2.95. The third-order valence-corrected chi connectivity index (χ3v) is 2.97. The predicted molar refractivity (Wildman–Crippen MR) is 71.7 cm³/mol. The smallest absolute Gasteiger partial charge is 0.227 e. The maximum absolute atomic E-state index is 11.8. The Hall–Kier alpha value is -1.55. The summed E-state index contributed by atoms with van der Waals surface area (Å²) in [4.78, 5) is 13.9. The van der Waals surface area contributed by atoms with Gasteiger partial charge in [0.25, 0.3) is 0 Å². The molecule has 18 heavy (non-hydrogen) atoms. The van der Waals surface area contributed by atoms with E-state index < -0.39 is 0 Å². The molecule has 0 aliphatic heterocycles. The Labute approximate surface area is 108 Å². The molecule has 1 N–H and O–H groups in total. The molecule has 4 heteroatoms. The predicted octanol–water partition coefficient (Wildman–Crippen LogP) is 2.11. The van der Waals surface area contributed by atoms with Gasteiger partial charge in [0.1, 0.15) is 5.75 Å². The van der Waals surface area contributed by atoms with E-state index in [1.165, 1.54) is 0 Å².